The summed E-state index contributed by atoms with van der Waals surface area (Å²) in [6.07, 6.45) is 2.32. The van der Waals surface area contributed by atoms with Gasteiger partial charge in [0.2, 0.25) is 0 Å². The van der Waals surface area contributed by atoms with Gasteiger partial charge in [-0.15, -0.1) is 0 Å². The lowest BCUT2D eigenvalue weighted by atomic mass is 9.90. The maximum Gasteiger partial charge on any atom is 0.309 e. The Morgan fingerprint density at radius 3 is 2.86 bits per heavy atom. The van der Waals surface area contributed by atoms with E-state index < -0.39 is 11.4 Å². The predicted octanol–water partition coefficient (Wildman–Crippen LogP) is 3.42. The van der Waals surface area contributed by atoms with Gasteiger partial charge in [0.1, 0.15) is 10.8 Å². The first-order valence-electron chi connectivity index (χ1n) is 7.09. The number of furan rings is 1. The predicted molar refractivity (Wildman–Crippen MR) is 84.8 cm³/mol. The summed E-state index contributed by atoms with van der Waals surface area (Å²) >= 11 is 1.47. The molecule has 0 amide bonds. The van der Waals surface area contributed by atoms with Crippen molar-refractivity contribution in [3.05, 3.63) is 42.3 Å². The van der Waals surface area contributed by atoms with Crippen LogP contribution in [0.25, 0.3) is 0 Å². The number of nitrogens with one attached hydrogen (secondary N) is 1. The number of hydrogen-bond acceptors (Lipinski definition) is 5. The molecule has 5 nitrogen and oxygen atoms in total. The number of hydrogen-bond donors (Lipinski definition) is 2. The summed E-state index contributed by atoms with van der Waals surface area (Å²) in [5.74, 6) is 0.0490. The fourth-order valence-corrected chi connectivity index (χ4v) is 2.49. The fraction of sp³-hybridized carbons (Fsp3) is 0.375. The lowest BCUT2D eigenvalue weighted by Gasteiger charge is -2.18. The average Bonchev–Trinajstić information content (AvgIpc) is 2.92. The van der Waals surface area contributed by atoms with Crippen LogP contribution in [0, 0.1) is 5.41 Å². The van der Waals surface area contributed by atoms with E-state index in [1.54, 1.807) is 20.0 Å². The first kappa shape index (κ1) is 16.6. The van der Waals surface area contributed by atoms with E-state index >= 15 is 0 Å². The van der Waals surface area contributed by atoms with E-state index in [-0.39, 0.29) is 0 Å². The van der Waals surface area contributed by atoms with Gasteiger partial charge in [-0.2, -0.15) is 0 Å². The number of carbonyl (C=O) groups is 1. The SMILES string of the molecule is CC(C)(CCNCc1ccc(Sc2ccccn2)o1)C(=O)O. The smallest absolute Gasteiger partial charge is 0.309 e. The van der Waals surface area contributed by atoms with Gasteiger partial charge < -0.3 is 14.8 Å². The molecule has 0 aliphatic heterocycles. The van der Waals surface area contributed by atoms with Crippen LogP contribution in [-0.2, 0) is 11.3 Å². The number of carboxylic acid groups (broad SMARTS) is 1. The number of nitrogens with zero attached hydrogens (tertiary/aromatic N) is 1. The van der Waals surface area contributed by atoms with Crippen LogP contribution in [0.3, 0.4) is 0 Å². The van der Waals surface area contributed by atoms with Gasteiger partial charge in [0.25, 0.3) is 0 Å². The zero-order chi connectivity index (χ0) is 16.0. The molecule has 2 aromatic heterocycles. The highest BCUT2D eigenvalue weighted by Gasteiger charge is 2.26. The molecule has 0 saturated carbocycles. The number of aromatic nitrogens is 1. The molecule has 2 aromatic rings. The molecular weight excluding hydrogens is 300 g/mol. The zero-order valence-electron chi connectivity index (χ0n) is 12.7. The fourth-order valence-electron chi connectivity index (χ4n) is 1.74. The van der Waals surface area contributed by atoms with Crippen LogP contribution in [-0.4, -0.2) is 22.6 Å². The second kappa shape index (κ2) is 7.47. The van der Waals surface area contributed by atoms with Gasteiger partial charge in [0, 0.05) is 6.20 Å². The molecule has 0 atom stereocenters. The van der Waals surface area contributed by atoms with E-state index in [2.05, 4.69) is 10.3 Å². The molecule has 2 N–H and O–H groups in total. The summed E-state index contributed by atoms with van der Waals surface area (Å²) in [5, 5.41) is 13.9. The molecule has 0 unspecified atom stereocenters. The number of carboxylic acids is 1. The minimum atomic E-state index is -0.777. The van der Waals surface area contributed by atoms with E-state index in [1.165, 1.54) is 11.8 Å². The first-order chi connectivity index (χ1) is 10.5. The molecule has 0 aromatic carbocycles. The number of rotatable bonds is 8. The standard InChI is InChI=1S/C16H20N2O3S/c1-16(2,15(19)20)8-10-17-11-12-6-7-14(21-12)22-13-5-3-4-9-18-13/h3-7,9,17H,8,10-11H2,1-2H3,(H,19,20). The molecule has 0 aliphatic carbocycles. The quantitative estimate of drug-likeness (QED) is 0.726. The average molecular weight is 320 g/mol. The Labute approximate surface area is 134 Å². The summed E-state index contributed by atoms with van der Waals surface area (Å²) in [5.41, 5.74) is -0.712. The monoisotopic (exact) mass is 320 g/mol. The van der Waals surface area contributed by atoms with Crippen LogP contribution in [0.5, 0.6) is 0 Å². The zero-order valence-corrected chi connectivity index (χ0v) is 13.5. The van der Waals surface area contributed by atoms with E-state index in [0.717, 1.165) is 15.9 Å². The largest absolute Gasteiger partial charge is 0.481 e. The lowest BCUT2D eigenvalue weighted by Crippen LogP contribution is -2.28. The van der Waals surface area contributed by atoms with Crippen molar-refractivity contribution in [2.24, 2.45) is 5.41 Å². The Bertz CT molecular complexity index is 611. The molecule has 0 aliphatic rings. The maximum absolute atomic E-state index is 11.0. The Kier molecular flexibility index (Phi) is 5.63. The summed E-state index contributed by atoms with van der Waals surface area (Å²) in [6.45, 7) is 4.66. The van der Waals surface area contributed by atoms with Crippen molar-refractivity contribution >= 4 is 17.7 Å². The van der Waals surface area contributed by atoms with Crippen LogP contribution in [0.2, 0.25) is 0 Å². The van der Waals surface area contributed by atoms with Crippen LogP contribution in [0.15, 0.2) is 51.1 Å². The normalized spacial score (nSPS) is 11.5. The molecule has 6 heteroatoms. The third-order valence-electron chi connectivity index (χ3n) is 3.28. The molecular formula is C16H20N2O3S. The van der Waals surface area contributed by atoms with Crippen molar-refractivity contribution < 1.29 is 14.3 Å². The molecule has 0 fully saturated rings. The second-order valence-corrected chi connectivity index (χ2v) is 6.63. The summed E-state index contributed by atoms with van der Waals surface area (Å²) in [7, 11) is 0. The van der Waals surface area contributed by atoms with Gasteiger partial charge in [0.05, 0.1) is 12.0 Å². The molecule has 0 bridgehead atoms. The molecule has 2 rings (SSSR count). The first-order valence-corrected chi connectivity index (χ1v) is 7.91. The second-order valence-electron chi connectivity index (χ2n) is 5.61. The van der Waals surface area contributed by atoms with E-state index in [0.29, 0.717) is 19.5 Å². The third kappa shape index (κ3) is 4.89. The van der Waals surface area contributed by atoms with Crippen LogP contribution in [0.4, 0.5) is 0 Å². The topological polar surface area (TPSA) is 75.4 Å². The van der Waals surface area contributed by atoms with Crippen molar-refractivity contribution in [1.82, 2.24) is 10.3 Å². The minimum Gasteiger partial charge on any atom is -0.481 e. The highest BCUT2D eigenvalue weighted by molar-refractivity contribution is 7.99. The van der Waals surface area contributed by atoms with Crippen LogP contribution < -0.4 is 5.32 Å². The lowest BCUT2D eigenvalue weighted by molar-refractivity contribution is -0.147. The summed E-state index contributed by atoms with van der Waals surface area (Å²) in [4.78, 5) is 15.2. The van der Waals surface area contributed by atoms with E-state index in [4.69, 9.17) is 9.52 Å². The van der Waals surface area contributed by atoms with Crippen LogP contribution in [0.1, 0.15) is 26.0 Å². The van der Waals surface area contributed by atoms with Crippen LogP contribution >= 0.6 is 11.8 Å². The van der Waals surface area contributed by atoms with Crippen molar-refractivity contribution in [3.8, 4) is 0 Å². The molecule has 118 valence electrons. The van der Waals surface area contributed by atoms with Gasteiger partial charge in [-0.3, -0.25) is 4.79 Å². The highest BCUT2D eigenvalue weighted by atomic mass is 32.2. The maximum atomic E-state index is 11.0. The summed E-state index contributed by atoms with van der Waals surface area (Å²) < 4.78 is 5.71. The summed E-state index contributed by atoms with van der Waals surface area (Å²) in [6, 6.07) is 9.57. The van der Waals surface area contributed by atoms with Crippen molar-refractivity contribution in [2.75, 3.05) is 6.54 Å². The van der Waals surface area contributed by atoms with Gasteiger partial charge in [-0.25, -0.2) is 4.98 Å². The van der Waals surface area contributed by atoms with Gasteiger partial charge in [0.15, 0.2) is 5.09 Å². The Morgan fingerprint density at radius 2 is 2.18 bits per heavy atom. The number of aliphatic carboxylic acids is 1. The van der Waals surface area contributed by atoms with Crippen molar-refractivity contribution in [3.63, 3.8) is 0 Å². The highest BCUT2D eigenvalue weighted by Crippen LogP contribution is 2.27. The van der Waals surface area contributed by atoms with Crippen molar-refractivity contribution in [1.29, 1.82) is 0 Å². The molecule has 22 heavy (non-hydrogen) atoms. The molecule has 0 radical (unpaired) electrons. The Morgan fingerprint density at radius 1 is 1.36 bits per heavy atom. The molecule has 0 spiro atoms. The molecule has 0 saturated heterocycles. The number of pyridine rings is 1. The van der Waals surface area contributed by atoms with Crippen molar-refractivity contribution in [2.45, 2.75) is 36.9 Å². The van der Waals surface area contributed by atoms with E-state index in [9.17, 15) is 4.79 Å². The van der Waals surface area contributed by atoms with Gasteiger partial charge in [-0.1, -0.05) is 6.07 Å². The molecule has 2 heterocycles. The van der Waals surface area contributed by atoms with E-state index in [1.807, 2.05) is 30.3 Å². The van der Waals surface area contributed by atoms with Gasteiger partial charge in [-0.05, 0) is 62.8 Å². The Hall–Kier alpha value is -1.79. The minimum absolute atomic E-state index is 0.568. The third-order valence-corrected chi connectivity index (χ3v) is 4.16. The van der Waals surface area contributed by atoms with Gasteiger partial charge >= 0.3 is 5.97 Å². The Balaban J connectivity index is 1.77.